The lowest BCUT2D eigenvalue weighted by atomic mass is 10.1. The molecule has 0 saturated heterocycles. The van der Waals surface area contributed by atoms with Crippen molar-refractivity contribution in [1.82, 2.24) is 0 Å². The van der Waals surface area contributed by atoms with Crippen molar-refractivity contribution in [3.8, 4) is 5.75 Å². The summed E-state index contributed by atoms with van der Waals surface area (Å²) in [5.41, 5.74) is 1.64. The Bertz CT molecular complexity index is 616. The highest BCUT2D eigenvalue weighted by atomic mass is 79.9. The predicted molar refractivity (Wildman–Crippen MR) is 93.2 cm³/mol. The molecule has 0 heterocycles. The lowest BCUT2D eigenvalue weighted by molar-refractivity contribution is 0.104. The Morgan fingerprint density at radius 2 is 1.71 bits per heavy atom. The van der Waals surface area contributed by atoms with Crippen LogP contribution in [0.5, 0.6) is 5.75 Å². The Labute approximate surface area is 141 Å². The fourth-order valence-electron chi connectivity index (χ4n) is 1.71. The molecule has 0 amide bonds. The van der Waals surface area contributed by atoms with E-state index in [1.165, 1.54) is 0 Å². The zero-order valence-corrected chi connectivity index (χ0v) is 14.4. The maximum atomic E-state index is 12.1. The molecule has 0 saturated carbocycles. The number of hydrogen-bond donors (Lipinski definition) is 0. The summed E-state index contributed by atoms with van der Waals surface area (Å²) in [6, 6.07) is 15.0. The summed E-state index contributed by atoms with van der Waals surface area (Å²) in [7, 11) is 0. The lowest BCUT2D eigenvalue weighted by Crippen LogP contribution is -1.99. The molecule has 0 N–H and O–H groups in total. The first-order valence-electron chi connectivity index (χ1n) is 6.46. The predicted octanol–water partition coefficient (Wildman–Crippen LogP) is 5.12. The largest absolute Gasteiger partial charge is 0.493 e. The number of halogens is 2. The molecule has 0 aliphatic rings. The fourth-order valence-corrected chi connectivity index (χ4v) is 2.14. The van der Waals surface area contributed by atoms with Gasteiger partial charge in [-0.25, -0.2) is 0 Å². The van der Waals surface area contributed by atoms with E-state index in [0.29, 0.717) is 12.2 Å². The van der Waals surface area contributed by atoms with Crippen LogP contribution < -0.4 is 4.74 Å². The Balaban J connectivity index is 2.01. The highest BCUT2D eigenvalue weighted by molar-refractivity contribution is 9.10. The number of rotatable bonds is 6. The van der Waals surface area contributed by atoms with Crippen LogP contribution in [0.1, 0.15) is 15.9 Å². The van der Waals surface area contributed by atoms with Crippen LogP contribution in [0, 0.1) is 0 Å². The summed E-state index contributed by atoms with van der Waals surface area (Å²) >= 11 is 6.68. The minimum Gasteiger partial charge on any atom is -0.493 e. The number of benzene rings is 2. The van der Waals surface area contributed by atoms with Crippen LogP contribution in [-0.2, 0) is 0 Å². The van der Waals surface area contributed by atoms with Crippen LogP contribution in [0.2, 0.25) is 0 Å². The number of hydrogen-bond acceptors (Lipinski definition) is 2. The van der Waals surface area contributed by atoms with Crippen LogP contribution in [-0.4, -0.2) is 17.7 Å². The van der Waals surface area contributed by atoms with E-state index in [1.807, 2.05) is 42.5 Å². The van der Waals surface area contributed by atoms with Crippen molar-refractivity contribution in [2.75, 3.05) is 11.9 Å². The Hall–Kier alpha value is -1.39. The number of alkyl halides is 1. The Morgan fingerprint density at radius 1 is 1.05 bits per heavy atom. The molecule has 0 aliphatic heterocycles. The number of carbonyl (C=O) groups is 1. The van der Waals surface area contributed by atoms with Crippen molar-refractivity contribution >= 4 is 43.7 Å². The molecule has 0 bridgehead atoms. The first-order valence-corrected chi connectivity index (χ1v) is 8.37. The van der Waals surface area contributed by atoms with Crippen molar-refractivity contribution in [2.45, 2.75) is 0 Å². The summed E-state index contributed by atoms with van der Waals surface area (Å²) in [5.74, 6) is 0.743. The molecule has 0 atom stereocenters. The van der Waals surface area contributed by atoms with Crippen LogP contribution >= 0.6 is 31.9 Å². The number of ether oxygens (including phenoxy) is 1. The van der Waals surface area contributed by atoms with E-state index in [-0.39, 0.29) is 5.78 Å². The van der Waals surface area contributed by atoms with Gasteiger partial charge in [-0.2, -0.15) is 0 Å². The summed E-state index contributed by atoms with van der Waals surface area (Å²) in [5, 5.41) is 0.781. The first-order chi connectivity index (χ1) is 10.2. The van der Waals surface area contributed by atoms with E-state index in [4.69, 9.17) is 4.74 Å². The SMILES string of the molecule is O=C(C=Cc1ccc(Br)cc1)c1ccc(OCCBr)cc1. The van der Waals surface area contributed by atoms with Gasteiger partial charge >= 0.3 is 0 Å². The van der Waals surface area contributed by atoms with Gasteiger partial charge in [0.1, 0.15) is 5.75 Å². The van der Waals surface area contributed by atoms with Crippen molar-refractivity contribution in [1.29, 1.82) is 0 Å². The molecular formula is C17H14Br2O2. The highest BCUT2D eigenvalue weighted by Crippen LogP contribution is 2.15. The van der Waals surface area contributed by atoms with E-state index < -0.39 is 0 Å². The third-order valence-corrected chi connectivity index (χ3v) is 3.63. The summed E-state index contributed by atoms with van der Waals surface area (Å²) in [6.07, 6.45) is 3.39. The van der Waals surface area contributed by atoms with Crippen molar-refractivity contribution in [2.24, 2.45) is 0 Å². The Kier molecular flexibility index (Phi) is 6.21. The highest BCUT2D eigenvalue weighted by Gasteiger charge is 2.02. The molecule has 2 rings (SSSR count). The topological polar surface area (TPSA) is 26.3 Å². The maximum absolute atomic E-state index is 12.1. The number of ketones is 1. The summed E-state index contributed by atoms with van der Waals surface area (Å²) in [4.78, 5) is 12.1. The molecule has 0 unspecified atom stereocenters. The molecule has 0 spiro atoms. The molecule has 0 radical (unpaired) electrons. The van der Waals surface area contributed by atoms with Gasteiger partial charge in [-0.3, -0.25) is 4.79 Å². The average Bonchev–Trinajstić information content (AvgIpc) is 2.52. The minimum atomic E-state index is -0.0232. The second-order valence-corrected chi connectivity index (χ2v) is 6.02. The van der Waals surface area contributed by atoms with Gasteiger partial charge in [0.15, 0.2) is 5.78 Å². The fraction of sp³-hybridized carbons (Fsp3) is 0.118. The molecule has 2 nitrogen and oxygen atoms in total. The molecule has 2 aromatic rings. The van der Waals surface area contributed by atoms with E-state index in [0.717, 1.165) is 21.1 Å². The maximum Gasteiger partial charge on any atom is 0.185 e. The van der Waals surface area contributed by atoms with E-state index in [1.54, 1.807) is 18.2 Å². The lowest BCUT2D eigenvalue weighted by Gasteiger charge is -2.04. The van der Waals surface area contributed by atoms with Crippen LogP contribution in [0.25, 0.3) is 6.08 Å². The smallest absolute Gasteiger partial charge is 0.185 e. The molecular weight excluding hydrogens is 396 g/mol. The zero-order chi connectivity index (χ0) is 15.1. The molecule has 21 heavy (non-hydrogen) atoms. The Morgan fingerprint density at radius 3 is 2.33 bits per heavy atom. The van der Waals surface area contributed by atoms with Gasteiger partial charge in [0.25, 0.3) is 0 Å². The average molecular weight is 410 g/mol. The first kappa shape index (κ1) is 16.0. The van der Waals surface area contributed by atoms with Gasteiger partial charge in [0, 0.05) is 15.4 Å². The van der Waals surface area contributed by atoms with E-state index in [9.17, 15) is 4.79 Å². The molecule has 0 aromatic heterocycles. The van der Waals surface area contributed by atoms with Gasteiger partial charge in [0.2, 0.25) is 0 Å². The van der Waals surface area contributed by atoms with Crippen LogP contribution in [0.4, 0.5) is 0 Å². The normalized spacial score (nSPS) is 10.8. The standard InChI is InChI=1S/C17H14Br2O2/c18-11-12-21-16-8-4-14(5-9-16)17(20)10-3-13-1-6-15(19)7-2-13/h1-10H,11-12H2. The molecule has 0 fully saturated rings. The number of allylic oxidation sites excluding steroid dienone is 1. The second kappa shape index (κ2) is 8.15. The van der Waals surface area contributed by atoms with Crippen molar-refractivity contribution in [3.63, 3.8) is 0 Å². The molecule has 0 aliphatic carbocycles. The van der Waals surface area contributed by atoms with Gasteiger partial charge in [-0.1, -0.05) is 50.1 Å². The van der Waals surface area contributed by atoms with Gasteiger partial charge in [-0.15, -0.1) is 0 Å². The summed E-state index contributed by atoms with van der Waals surface area (Å²) in [6.45, 7) is 0.608. The van der Waals surface area contributed by atoms with Crippen molar-refractivity contribution in [3.05, 3.63) is 70.2 Å². The quantitative estimate of drug-likeness (QED) is 0.376. The van der Waals surface area contributed by atoms with E-state index in [2.05, 4.69) is 31.9 Å². The molecule has 4 heteroatoms. The third-order valence-electron chi connectivity index (χ3n) is 2.78. The molecule has 108 valence electrons. The number of carbonyl (C=O) groups excluding carboxylic acids is 1. The van der Waals surface area contributed by atoms with Gasteiger partial charge in [-0.05, 0) is 48.0 Å². The van der Waals surface area contributed by atoms with Crippen molar-refractivity contribution < 1.29 is 9.53 Å². The second-order valence-electron chi connectivity index (χ2n) is 4.31. The minimum absolute atomic E-state index is 0.0232. The zero-order valence-electron chi connectivity index (χ0n) is 11.3. The molecule has 2 aromatic carbocycles. The monoisotopic (exact) mass is 408 g/mol. The third kappa shape index (κ3) is 5.14. The van der Waals surface area contributed by atoms with Crippen LogP contribution in [0.15, 0.2) is 59.1 Å². The van der Waals surface area contributed by atoms with Gasteiger partial charge in [0.05, 0.1) is 6.61 Å². The van der Waals surface area contributed by atoms with E-state index >= 15 is 0 Å². The van der Waals surface area contributed by atoms with Gasteiger partial charge < -0.3 is 4.74 Å². The summed E-state index contributed by atoms with van der Waals surface area (Å²) < 4.78 is 6.47. The van der Waals surface area contributed by atoms with Crippen LogP contribution in [0.3, 0.4) is 0 Å².